The minimum Gasteiger partial charge on any atom is -0.380 e. The fourth-order valence-electron chi connectivity index (χ4n) is 1.91. The van der Waals surface area contributed by atoms with E-state index in [2.05, 4.69) is 20.5 Å². The molecule has 18 heavy (non-hydrogen) atoms. The molecule has 0 aromatic carbocycles. The molecule has 2 heterocycles. The molecule has 0 spiro atoms. The van der Waals surface area contributed by atoms with Gasteiger partial charge in [-0.05, 0) is 19.8 Å². The number of hydrogen-bond acceptors (Lipinski definition) is 5. The summed E-state index contributed by atoms with van der Waals surface area (Å²) in [4.78, 5) is 4.32. The van der Waals surface area contributed by atoms with Gasteiger partial charge in [0.05, 0.1) is 6.10 Å². The molecule has 0 amide bonds. The van der Waals surface area contributed by atoms with Gasteiger partial charge in [-0.3, -0.25) is 4.40 Å². The number of aromatic nitrogens is 4. The molecule has 1 saturated carbocycles. The molecule has 3 rings (SSSR count). The molecule has 6 heteroatoms. The summed E-state index contributed by atoms with van der Waals surface area (Å²) < 4.78 is 7.24. The molecular weight excluding hydrogens is 230 g/mol. The highest BCUT2D eigenvalue weighted by molar-refractivity contribution is 5.62. The van der Waals surface area contributed by atoms with Crippen LogP contribution in [0, 0.1) is 0 Å². The van der Waals surface area contributed by atoms with Crippen LogP contribution in [0.3, 0.4) is 0 Å². The molecular formula is C12H17N5O. The van der Waals surface area contributed by atoms with Crippen molar-refractivity contribution in [1.82, 2.24) is 19.6 Å². The summed E-state index contributed by atoms with van der Waals surface area (Å²) in [6.07, 6.45) is 6.27. The monoisotopic (exact) mass is 247 g/mol. The maximum absolute atomic E-state index is 5.20. The van der Waals surface area contributed by atoms with Gasteiger partial charge in [0, 0.05) is 32.0 Å². The number of hydrogen-bond donors (Lipinski definition) is 1. The number of nitrogens with one attached hydrogen (secondary N) is 1. The Balaban J connectivity index is 1.87. The summed E-state index contributed by atoms with van der Waals surface area (Å²) in [5.41, 5.74) is 0.794. The largest absolute Gasteiger partial charge is 0.380 e. The van der Waals surface area contributed by atoms with Crippen LogP contribution in [0.4, 0.5) is 5.82 Å². The van der Waals surface area contributed by atoms with Gasteiger partial charge in [0.1, 0.15) is 5.82 Å². The summed E-state index contributed by atoms with van der Waals surface area (Å²) in [6, 6.07) is 0. The molecule has 1 atom stereocenters. The summed E-state index contributed by atoms with van der Waals surface area (Å²) >= 11 is 0. The average Bonchev–Trinajstić information content (AvgIpc) is 3.15. The number of rotatable bonds is 5. The van der Waals surface area contributed by atoms with Crippen LogP contribution in [-0.2, 0) is 4.74 Å². The summed E-state index contributed by atoms with van der Waals surface area (Å²) in [7, 11) is 1.70. The Hall–Kier alpha value is -1.69. The zero-order valence-corrected chi connectivity index (χ0v) is 10.6. The lowest BCUT2D eigenvalue weighted by Gasteiger charge is -2.11. The van der Waals surface area contributed by atoms with E-state index in [0.29, 0.717) is 12.5 Å². The maximum atomic E-state index is 5.20. The fraction of sp³-hybridized carbons (Fsp3) is 0.583. The highest BCUT2D eigenvalue weighted by Gasteiger charge is 2.29. The lowest BCUT2D eigenvalue weighted by molar-refractivity contribution is 0.128. The molecule has 0 saturated heterocycles. The zero-order chi connectivity index (χ0) is 12.5. The predicted octanol–water partition coefficient (Wildman–Crippen LogP) is 1.45. The van der Waals surface area contributed by atoms with E-state index in [1.165, 1.54) is 12.8 Å². The Labute approximate surface area is 105 Å². The van der Waals surface area contributed by atoms with E-state index in [9.17, 15) is 0 Å². The van der Waals surface area contributed by atoms with Gasteiger partial charge in [-0.1, -0.05) is 0 Å². The van der Waals surface area contributed by atoms with Crippen LogP contribution in [0.2, 0.25) is 0 Å². The second-order valence-corrected chi connectivity index (χ2v) is 4.73. The van der Waals surface area contributed by atoms with Crippen molar-refractivity contribution < 1.29 is 4.74 Å². The van der Waals surface area contributed by atoms with Crippen LogP contribution in [0.15, 0.2) is 12.4 Å². The number of methoxy groups -OCH3 is 1. The van der Waals surface area contributed by atoms with Crippen LogP contribution in [0.5, 0.6) is 0 Å². The van der Waals surface area contributed by atoms with Gasteiger partial charge in [0.2, 0.25) is 5.65 Å². The predicted molar refractivity (Wildman–Crippen MR) is 67.7 cm³/mol. The lowest BCUT2D eigenvalue weighted by atomic mass is 10.4. The third-order valence-electron chi connectivity index (χ3n) is 3.26. The van der Waals surface area contributed by atoms with Gasteiger partial charge >= 0.3 is 0 Å². The van der Waals surface area contributed by atoms with Gasteiger partial charge in [-0.25, -0.2) is 4.98 Å². The Morgan fingerprint density at radius 1 is 1.50 bits per heavy atom. The smallest absolute Gasteiger partial charge is 0.203 e. The number of ether oxygens (including phenoxy) is 1. The minimum absolute atomic E-state index is 0.137. The normalized spacial score (nSPS) is 17.0. The molecule has 0 radical (unpaired) electrons. The maximum Gasteiger partial charge on any atom is 0.203 e. The fourth-order valence-corrected chi connectivity index (χ4v) is 1.91. The van der Waals surface area contributed by atoms with Gasteiger partial charge < -0.3 is 10.1 Å². The standard InChI is InChI=1S/C12H17N5O/c1-8(18-2)7-14-10-12-16-15-11(9-3-4-9)17(12)6-5-13-10/h5-6,8-9H,3-4,7H2,1-2H3,(H,13,14). The van der Waals surface area contributed by atoms with Crippen molar-refractivity contribution >= 4 is 11.5 Å². The lowest BCUT2D eigenvalue weighted by Crippen LogP contribution is -2.19. The van der Waals surface area contributed by atoms with Crippen LogP contribution in [0.25, 0.3) is 5.65 Å². The van der Waals surface area contributed by atoms with Crippen molar-refractivity contribution in [1.29, 1.82) is 0 Å². The zero-order valence-electron chi connectivity index (χ0n) is 10.6. The second-order valence-electron chi connectivity index (χ2n) is 4.73. The van der Waals surface area contributed by atoms with Crippen LogP contribution in [0.1, 0.15) is 31.5 Å². The van der Waals surface area contributed by atoms with Crippen molar-refractivity contribution in [2.45, 2.75) is 31.8 Å². The van der Waals surface area contributed by atoms with Crippen LogP contribution >= 0.6 is 0 Å². The molecule has 6 nitrogen and oxygen atoms in total. The van der Waals surface area contributed by atoms with E-state index in [1.54, 1.807) is 13.3 Å². The quantitative estimate of drug-likeness (QED) is 0.866. The van der Waals surface area contributed by atoms with Crippen molar-refractivity contribution in [3.63, 3.8) is 0 Å². The number of anilines is 1. The molecule has 1 unspecified atom stereocenters. The van der Waals surface area contributed by atoms with Gasteiger partial charge in [-0.2, -0.15) is 0 Å². The molecule has 1 fully saturated rings. The first-order chi connectivity index (χ1) is 8.79. The van der Waals surface area contributed by atoms with E-state index in [0.717, 1.165) is 17.3 Å². The van der Waals surface area contributed by atoms with Crippen molar-refractivity contribution in [2.75, 3.05) is 19.0 Å². The second kappa shape index (κ2) is 4.53. The number of fused-ring (bicyclic) bond motifs is 1. The molecule has 96 valence electrons. The van der Waals surface area contributed by atoms with E-state index in [-0.39, 0.29) is 6.10 Å². The molecule has 1 aliphatic carbocycles. The van der Waals surface area contributed by atoms with Crippen LogP contribution < -0.4 is 5.32 Å². The molecule has 1 aliphatic rings. The Bertz CT molecular complexity index is 548. The average molecular weight is 247 g/mol. The third kappa shape index (κ3) is 2.03. The van der Waals surface area contributed by atoms with E-state index in [4.69, 9.17) is 4.74 Å². The molecule has 0 aliphatic heterocycles. The Morgan fingerprint density at radius 2 is 2.33 bits per heavy atom. The van der Waals surface area contributed by atoms with E-state index >= 15 is 0 Å². The van der Waals surface area contributed by atoms with Crippen molar-refractivity contribution in [2.24, 2.45) is 0 Å². The van der Waals surface area contributed by atoms with Crippen molar-refractivity contribution in [3.8, 4) is 0 Å². The van der Waals surface area contributed by atoms with Crippen LogP contribution in [-0.4, -0.2) is 39.3 Å². The highest BCUT2D eigenvalue weighted by atomic mass is 16.5. The SMILES string of the molecule is COC(C)CNc1nccn2c(C3CC3)nnc12. The third-order valence-corrected chi connectivity index (χ3v) is 3.26. The molecule has 1 N–H and O–H groups in total. The van der Waals surface area contributed by atoms with Crippen molar-refractivity contribution in [3.05, 3.63) is 18.2 Å². The Kier molecular flexibility index (Phi) is 2.87. The summed E-state index contributed by atoms with van der Waals surface area (Å²) in [5, 5.41) is 11.7. The summed E-state index contributed by atoms with van der Waals surface area (Å²) in [6.45, 7) is 2.71. The first-order valence-electron chi connectivity index (χ1n) is 6.26. The first kappa shape index (κ1) is 11.4. The molecule has 2 aromatic rings. The topological polar surface area (TPSA) is 64.3 Å². The van der Waals surface area contributed by atoms with Gasteiger partial charge in [0.25, 0.3) is 0 Å². The minimum atomic E-state index is 0.137. The van der Waals surface area contributed by atoms with E-state index in [1.807, 2.05) is 17.5 Å². The first-order valence-corrected chi connectivity index (χ1v) is 6.26. The molecule has 2 aromatic heterocycles. The number of nitrogens with zero attached hydrogens (tertiary/aromatic N) is 4. The Morgan fingerprint density at radius 3 is 3.06 bits per heavy atom. The van der Waals surface area contributed by atoms with E-state index < -0.39 is 0 Å². The van der Waals surface area contributed by atoms with Gasteiger partial charge in [0.15, 0.2) is 5.82 Å². The molecule has 0 bridgehead atoms. The summed E-state index contributed by atoms with van der Waals surface area (Å²) in [5.74, 6) is 2.39. The highest BCUT2D eigenvalue weighted by Crippen LogP contribution is 2.39. The van der Waals surface area contributed by atoms with Gasteiger partial charge in [-0.15, -0.1) is 10.2 Å².